The van der Waals surface area contributed by atoms with Gasteiger partial charge in [-0.3, -0.25) is 0 Å². The van der Waals surface area contributed by atoms with Gasteiger partial charge in [0.25, 0.3) is 0 Å². The van der Waals surface area contributed by atoms with Crippen molar-refractivity contribution >= 4 is 26.0 Å². The third-order valence-corrected chi connectivity index (χ3v) is 6.16. The summed E-state index contributed by atoms with van der Waals surface area (Å²) in [5.74, 6) is 1.15. The van der Waals surface area contributed by atoms with Crippen LogP contribution in [0.1, 0.15) is 33.3 Å². The summed E-state index contributed by atoms with van der Waals surface area (Å²) in [6.45, 7) is 9.22. The van der Waals surface area contributed by atoms with Crippen molar-refractivity contribution in [3.05, 3.63) is 28.2 Å². The molecule has 0 amide bonds. The Balaban J connectivity index is 2.96. The van der Waals surface area contributed by atoms with Gasteiger partial charge in [-0.25, -0.2) is 13.1 Å². The molecule has 0 unspecified atom stereocenters. The van der Waals surface area contributed by atoms with Crippen molar-refractivity contribution in [2.45, 2.75) is 39.1 Å². The Morgan fingerprint density at radius 1 is 1.19 bits per heavy atom. The van der Waals surface area contributed by atoms with E-state index in [1.165, 1.54) is 0 Å². The van der Waals surface area contributed by atoms with E-state index in [4.69, 9.17) is 5.73 Å². The molecule has 0 spiro atoms. The number of rotatable bonds is 7. The summed E-state index contributed by atoms with van der Waals surface area (Å²) in [5, 5.41) is 0. The quantitative estimate of drug-likeness (QED) is 0.767. The molecule has 0 aromatic heterocycles. The molecule has 1 rings (SSSR count). The molecule has 0 saturated heterocycles. The van der Waals surface area contributed by atoms with Crippen molar-refractivity contribution in [2.24, 2.45) is 23.5 Å². The molecule has 1 aromatic carbocycles. The molecule has 0 radical (unpaired) electrons. The molecular weight excluding hydrogens is 352 g/mol. The summed E-state index contributed by atoms with van der Waals surface area (Å²) in [4.78, 5) is 0.247. The number of hydrogen-bond acceptors (Lipinski definition) is 3. The fourth-order valence-corrected chi connectivity index (χ4v) is 4.49. The molecule has 0 aliphatic heterocycles. The zero-order chi connectivity index (χ0) is 16.2. The van der Waals surface area contributed by atoms with E-state index in [-0.39, 0.29) is 4.90 Å². The van der Waals surface area contributed by atoms with E-state index in [9.17, 15) is 8.42 Å². The van der Waals surface area contributed by atoms with E-state index < -0.39 is 10.0 Å². The summed E-state index contributed by atoms with van der Waals surface area (Å²) < 4.78 is 28.3. The lowest BCUT2D eigenvalue weighted by molar-refractivity contribution is 0.289. The minimum absolute atomic E-state index is 0.247. The maximum atomic E-state index is 12.5. The van der Waals surface area contributed by atoms with Crippen LogP contribution in [0.15, 0.2) is 27.6 Å². The minimum atomic E-state index is -3.54. The first-order valence-corrected chi connectivity index (χ1v) is 9.44. The standard InChI is InChI=1S/C15H25BrN2O2S/c1-10(2)13(11(3)4)9-18-21(19,20)15-7-12(8-17)5-6-14(15)16/h5-7,10-11,13,18H,8-9,17H2,1-4H3. The molecule has 6 heteroatoms. The van der Waals surface area contributed by atoms with Crippen molar-refractivity contribution in [1.29, 1.82) is 0 Å². The van der Waals surface area contributed by atoms with Gasteiger partial charge in [-0.15, -0.1) is 0 Å². The van der Waals surface area contributed by atoms with Gasteiger partial charge in [0.05, 0.1) is 4.90 Å². The number of nitrogens with one attached hydrogen (secondary N) is 1. The van der Waals surface area contributed by atoms with Gasteiger partial charge in [0.1, 0.15) is 0 Å². The summed E-state index contributed by atoms with van der Waals surface area (Å²) in [6, 6.07) is 5.15. The number of benzene rings is 1. The van der Waals surface area contributed by atoms with Crippen LogP contribution in [0.5, 0.6) is 0 Å². The molecule has 21 heavy (non-hydrogen) atoms. The SMILES string of the molecule is CC(C)C(CNS(=O)(=O)c1cc(CN)ccc1Br)C(C)C. The van der Waals surface area contributed by atoms with Gasteiger partial charge in [0, 0.05) is 17.6 Å². The van der Waals surface area contributed by atoms with Crippen molar-refractivity contribution in [3.63, 3.8) is 0 Å². The summed E-state index contributed by atoms with van der Waals surface area (Å²) in [5.41, 5.74) is 6.38. The Bertz CT molecular complexity index is 563. The first kappa shape index (κ1) is 18.6. The van der Waals surface area contributed by atoms with Crippen LogP contribution < -0.4 is 10.5 Å². The van der Waals surface area contributed by atoms with E-state index in [0.29, 0.717) is 35.3 Å². The molecule has 0 aliphatic carbocycles. The molecule has 0 aliphatic rings. The third-order valence-electron chi connectivity index (χ3n) is 3.74. The number of nitrogens with two attached hydrogens (primary N) is 1. The van der Waals surface area contributed by atoms with Crippen LogP contribution in [0.3, 0.4) is 0 Å². The second kappa shape index (κ2) is 7.72. The lowest BCUT2D eigenvalue weighted by Crippen LogP contribution is -2.34. The lowest BCUT2D eigenvalue weighted by atomic mass is 9.86. The Hall–Kier alpha value is -0.430. The fraction of sp³-hybridized carbons (Fsp3) is 0.600. The van der Waals surface area contributed by atoms with Gasteiger partial charge < -0.3 is 5.73 Å². The second-order valence-electron chi connectivity index (χ2n) is 5.97. The highest BCUT2D eigenvalue weighted by Gasteiger charge is 2.23. The van der Waals surface area contributed by atoms with Crippen LogP contribution in [0, 0.1) is 17.8 Å². The predicted molar refractivity (Wildman–Crippen MR) is 90.4 cm³/mol. The van der Waals surface area contributed by atoms with E-state index in [1.54, 1.807) is 12.1 Å². The van der Waals surface area contributed by atoms with Crippen molar-refractivity contribution in [3.8, 4) is 0 Å². The topological polar surface area (TPSA) is 72.2 Å². The van der Waals surface area contributed by atoms with Crippen LogP contribution in [-0.4, -0.2) is 15.0 Å². The molecule has 0 fully saturated rings. The number of sulfonamides is 1. The van der Waals surface area contributed by atoms with Gasteiger partial charge in [0.2, 0.25) is 10.0 Å². The highest BCUT2D eigenvalue weighted by molar-refractivity contribution is 9.10. The van der Waals surface area contributed by atoms with Crippen LogP contribution in [0.25, 0.3) is 0 Å². The zero-order valence-electron chi connectivity index (χ0n) is 13.1. The maximum Gasteiger partial charge on any atom is 0.241 e. The van der Waals surface area contributed by atoms with E-state index in [1.807, 2.05) is 6.07 Å². The first-order valence-electron chi connectivity index (χ1n) is 7.17. The Morgan fingerprint density at radius 3 is 2.24 bits per heavy atom. The molecule has 120 valence electrons. The monoisotopic (exact) mass is 376 g/mol. The summed E-state index contributed by atoms with van der Waals surface area (Å²) >= 11 is 3.30. The largest absolute Gasteiger partial charge is 0.326 e. The average molecular weight is 377 g/mol. The van der Waals surface area contributed by atoms with Crippen LogP contribution in [-0.2, 0) is 16.6 Å². The van der Waals surface area contributed by atoms with Gasteiger partial charge in [-0.05, 0) is 51.4 Å². The van der Waals surface area contributed by atoms with Crippen molar-refractivity contribution in [2.75, 3.05) is 6.54 Å². The van der Waals surface area contributed by atoms with Crippen LogP contribution in [0.2, 0.25) is 0 Å². The molecule has 4 nitrogen and oxygen atoms in total. The maximum absolute atomic E-state index is 12.5. The third kappa shape index (κ3) is 5.06. The second-order valence-corrected chi connectivity index (χ2v) is 8.56. The number of halogens is 1. The zero-order valence-corrected chi connectivity index (χ0v) is 15.5. The van der Waals surface area contributed by atoms with E-state index in [2.05, 4.69) is 48.3 Å². The highest BCUT2D eigenvalue weighted by atomic mass is 79.9. The van der Waals surface area contributed by atoms with Crippen LogP contribution >= 0.6 is 15.9 Å². The molecule has 1 aromatic rings. The van der Waals surface area contributed by atoms with Crippen molar-refractivity contribution < 1.29 is 8.42 Å². The van der Waals surface area contributed by atoms with E-state index >= 15 is 0 Å². The Kier molecular flexibility index (Phi) is 6.84. The van der Waals surface area contributed by atoms with Gasteiger partial charge >= 0.3 is 0 Å². The molecule has 0 heterocycles. The van der Waals surface area contributed by atoms with Gasteiger partial charge in [-0.1, -0.05) is 33.8 Å². The van der Waals surface area contributed by atoms with Crippen LogP contribution in [0.4, 0.5) is 0 Å². The van der Waals surface area contributed by atoms with Gasteiger partial charge in [0.15, 0.2) is 0 Å². The summed E-state index contributed by atoms with van der Waals surface area (Å²) in [7, 11) is -3.54. The fourth-order valence-electron chi connectivity index (χ4n) is 2.41. The lowest BCUT2D eigenvalue weighted by Gasteiger charge is -2.25. The number of hydrogen-bond donors (Lipinski definition) is 2. The van der Waals surface area contributed by atoms with E-state index in [0.717, 1.165) is 5.56 Å². The molecule has 0 saturated carbocycles. The Labute approximate surface area is 136 Å². The normalized spacial score (nSPS) is 12.6. The smallest absolute Gasteiger partial charge is 0.241 e. The average Bonchev–Trinajstić information content (AvgIpc) is 2.38. The Morgan fingerprint density at radius 2 is 1.76 bits per heavy atom. The molecule has 3 N–H and O–H groups in total. The van der Waals surface area contributed by atoms with Gasteiger partial charge in [-0.2, -0.15) is 0 Å². The molecule has 0 atom stereocenters. The minimum Gasteiger partial charge on any atom is -0.326 e. The molecular formula is C15H25BrN2O2S. The summed E-state index contributed by atoms with van der Waals surface area (Å²) in [6.07, 6.45) is 0. The highest BCUT2D eigenvalue weighted by Crippen LogP contribution is 2.24. The predicted octanol–water partition coefficient (Wildman–Crippen LogP) is 3.11. The van der Waals surface area contributed by atoms with Crippen molar-refractivity contribution in [1.82, 2.24) is 4.72 Å². The first-order chi connectivity index (χ1) is 9.69. The molecule has 0 bridgehead atoms.